The van der Waals surface area contributed by atoms with Crippen molar-refractivity contribution >= 4 is 40.4 Å². The highest BCUT2D eigenvalue weighted by Crippen LogP contribution is 2.19. The zero-order valence-electron chi connectivity index (χ0n) is 13.0. The molecule has 1 atom stereocenters. The molecule has 116 valence electrons. The molecular weight excluding hydrogens is 302 g/mol. The molecule has 0 saturated carbocycles. The minimum absolute atomic E-state index is 0.117. The molecule has 4 heteroatoms. The van der Waals surface area contributed by atoms with Crippen LogP contribution in [0.25, 0.3) is 23.2 Å². The van der Waals surface area contributed by atoms with Crippen molar-refractivity contribution in [3.63, 3.8) is 0 Å². The number of benzene rings is 2. The van der Waals surface area contributed by atoms with E-state index in [1.165, 1.54) is 0 Å². The van der Waals surface area contributed by atoms with Crippen LogP contribution in [0.2, 0.25) is 0 Å². The Hall–Kier alpha value is -2.46. The Morgan fingerprint density at radius 1 is 1.13 bits per heavy atom. The molecule has 0 saturated heterocycles. The Bertz CT molecular complexity index is 849. The van der Waals surface area contributed by atoms with Gasteiger partial charge in [0.15, 0.2) is 0 Å². The van der Waals surface area contributed by atoms with Gasteiger partial charge in [0.05, 0.1) is 16.0 Å². The van der Waals surface area contributed by atoms with E-state index in [0.29, 0.717) is 4.99 Å². The average molecular weight is 321 g/mol. The lowest BCUT2D eigenvalue weighted by atomic mass is 10.1. The molecule has 3 nitrogen and oxygen atoms in total. The first-order valence-corrected chi connectivity index (χ1v) is 8.03. The quantitative estimate of drug-likeness (QED) is 0.719. The lowest BCUT2D eigenvalue weighted by molar-refractivity contribution is 0.608. The second kappa shape index (κ2) is 6.75. The highest BCUT2D eigenvalue weighted by Gasteiger charge is 2.12. The van der Waals surface area contributed by atoms with Crippen molar-refractivity contribution in [3.05, 3.63) is 66.0 Å². The lowest BCUT2D eigenvalue weighted by Crippen LogP contribution is -2.23. The molecule has 2 N–H and O–H groups in total. The van der Waals surface area contributed by atoms with Gasteiger partial charge in [0, 0.05) is 12.5 Å². The Balaban J connectivity index is 2.01. The number of fused-ring (bicyclic) bond motifs is 1. The summed E-state index contributed by atoms with van der Waals surface area (Å²) in [6, 6.07) is 18.3. The van der Waals surface area contributed by atoms with E-state index >= 15 is 0 Å². The zero-order valence-corrected chi connectivity index (χ0v) is 13.8. The highest BCUT2D eigenvalue weighted by atomic mass is 32.1. The number of nitrogens with two attached hydrogens (primary N) is 1. The van der Waals surface area contributed by atoms with E-state index in [9.17, 15) is 0 Å². The number of nitrogens with zero attached hydrogens (tertiary/aromatic N) is 2. The topological polar surface area (TPSA) is 43.8 Å². The van der Waals surface area contributed by atoms with Crippen LogP contribution in [0.1, 0.15) is 18.3 Å². The second-order valence-electron chi connectivity index (χ2n) is 5.62. The normalized spacial score (nSPS) is 12.7. The zero-order chi connectivity index (χ0) is 16.2. The van der Waals surface area contributed by atoms with Crippen LogP contribution in [-0.4, -0.2) is 14.5 Å². The van der Waals surface area contributed by atoms with E-state index in [4.69, 9.17) is 22.9 Å². The first-order chi connectivity index (χ1) is 11.1. The fourth-order valence-electron chi connectivity index (χ4n) is 2.51. The Kier molecular flexibility index (Phi) is 4.53. The minimum Gasteiger partial charge on any atom is -0.393 e. The van der Waals surface area contributed by atoms with Gasteiger partial charge in [-0.3, -0.25) is 0 Å². The van der Waals surface area contributed by atoms with Crippen LogP contribution in [0.4, 0.5) is 0 Å². The fraction of sp³-hybridized carbons (Fsp3) is 0.158. The van der Waals surface area contributed by atoms with Crippen molar-refractivity contribution in [2.45, 2.75) is 13.5 Å². The van der Waals surface area contributed by atoms with Crippen molar-refractivity contribution in [1.82, 2.24) is 9.55 Å². The van der Waals surface area contributed by atoms with Crippen LogP contribution in [0, 0.1) is 5.92 Å². The molecule has 1 aromatic heterocycles. The molecular formula is C19H19N3S. The molecule has 0 aliphatic heterocycles. The summed E-state index contributed by atoms with van der Waals surface area (Å²) in [4.78, 5) is 5.26. The smallest absolute Gasteiger partial charge is 0.133 e. The monoisotopic (exact) mass is 321 g/mol. The largest absolute Gasteiger partial charge is 0.393 e. The number of aromatic nitrogens is 2. The van der Waals surface area contributed by atoms with E-state index < -0.39 is 0 Å². The highest BCUT2D eigenvalue weighted by molar-refractivity contribution is 7.80. The first-order valence-electron chi connectivity index (χ1n) is 7.63. The lowest BCUT2D eigenvalue weighted by Gasteiger charge is -2.13. The molecule has 0 aliphatic rings. The molecule has 0 fully saturated rings. The third-order valence-electron chi connectivity index (χ3n) is 3.85. The SMILES string of the molecule is CC(Cn1c(/C=C/c2ccccc2)nc2ccccc21)C(N)=S. The summed E-state index contributed by atoms with van der Waals surface area (Å²) in [7, 11) is 0. The van der Waals surface area contributed by atoms with Crippen molar-refractivity contribution < 1.29 is 0 Å². The van der Waals surface area contributed by atoms with E-state index in [0.717, 1.165) is 29.0 Å². The Morgan fingerprint density at radius 2 is 1.83 bits per heavy atom. The standard InChI is InChI=1S/C19H19N3S/c1-14(19(20)23)13-22-17-10-6-5-9-16(17)21-18(22)12-11-15-7-3-2-4-8-15/h2-12,14H,13H2,1H3,(H2,20,23)/b12-11+. The summed E-state index contributed by atoms with van der Waals surface area (Å²) in [6.07, 6.45) is 4.12. The predicted octanol–water partition coefficient (Wildman–Crippen LogP) is 4.13. The van der Waals surface area contributed by atoms with Gasteiger partial charge >= 0.3 is 0 Å². The van der Waals surface area contributed by atoms with E-state index in [-0.39, 0.29) is 5.92 Å². The maximum Gasteiger partial charge on any atom is 0.133 e. The van der Waals surface area contributed by atoms with Crippen molar-refractivity contribution in [2.75, 3.05) is 0 Å². The summed E-state index contributed by atoms with van der Waals surface area (Å²) in [5.41, 5.74) is 9.02. The van der Waals surface area contributed by atoms with Crippen molar-refractivity contribution in [3.8, 4) is 0 Å². The van der Waals surface area contributed by atoms with E-state index in [2.05, 4.69) is 28.8 Å². The maximum atomic E-state index is 5.79. The minimum atomic E-state index is 0.117. The van der Waals surface area contributed by atoms with Crippen LogP contribution in [0.3, 0.4) is 0 Å². The van der Waals surface area contributed by atoms with Crippen LogP contribution in [-0.2, 0) is 6.54 Å². The molecule has 23 heavy (non-hydrogen) atoms. The number of hydrogen-bond acceptors (Lipinski definition) is 2. The molecule has 0 spiro atoms. The second-order valence-corrected chi connectivity index (χ2v) is 6.09. The van der Waals surface area contributed by atoms with Crippen LogP contribution < -0.4 is 5.73 Å². The summed E-state index contributed by atoms with van der Waals surface area (Å²) >= 11 is 5.12. The van der Waals surface area contributed by atoms with Crippen molar-refractivity contribution in [2.24, 2.45) is 11.7 Å². The summed E-state index contributed by atoms with van der Waals surface area (Å²) in [5.74, 6) is 1.03. The molecule has 3 rings (SSSR count). The van der Waals surface area contributed by atoms with E-state index in [1.807, 2.05) is 49.4 Å². The van der Waals surface area contributed by atoms with Crippen LogP contribution in [0.15, 0.2) is 54.6 Å². The summed E-state index contributed by atoms with van der Waals surface area (Å²) < 4.78 is 2.18. The van der Waals surface area contributed by atoms with Crippen LogP contribution in [0.5, 0.6) is 0 Å². The Labute approximate surface area is 141 Å². The van der Waals surface area contributed by atoms with E-state index in [1.54, 1.807) is 0 Å². The summed E-state index contributed by atoms with van der Waals surface area (Å²) in [5, 5.41) is 0. The molecule has 2 aromatic carbocycles. The number of para-hydroxylation sites is 2. The van der Waals surface area contributed by atoms with Gasteiger partial charge in [0.25, 0.3) is 0 Å². The molecule has 0 amide bonds. The molecule has 0 radical (unpaired) electrons. The number of rotatable bonds is 5. The molecule has 1 unspecified atom stereocenters. The number of thiocarbonyl (C=S) groups is 1. The maximum absolute atomic E-state index is 5.79. The van der Waals surface area contributed by atoms with Crippen molar-refractivity contribution in [1.29, 1.82) is 0 Å². The van der Waals surface area contributed by atoms with Crippen LogP contribution >= 0.6 is 12.2 Å². The van der Waals surface area contributed by atoms with Gasteiger partial charge in [-0.15, -0.1) is 0 Å². The summed E-state index contributed by atoms with van der Waals surface area (Å²) in [6.45, 7) is 2.77. The third-order valence-corrected chi connectivity index (χ3v) is 4.25. The van der Waals surface area contributed by atoms with Gasteiger partial charge in [-0.1, -0.05) is 67.7 Å². The fourth-order valence-corrected chi connectivity index (χ4v) is 2.59. The Morgan fingerprint density at radius 3 is 2.57 bits per heavy atom. The predicted molar refractivity (Wildman–Crippen MR) is 101 cm³/mol. The molecule has 0 aliphatic carbocycles. The van der Waals surface area contributed by atoms with Gasteiger partial charge in [-0.25, -0.2) is 4.98 Å². The first kappa shape index (κ1) is 15.4. The average Bonchev–Trinajstić information content (AvgIpc) is 2.91. The molecule has 0 bridgehead atoms. The van der Waals surface area contributed by atoms with Gasteiger partial charge in [-0.05, 0) is 23.8 Å². The molecule has 1 heterocycles. The number of hydrogen-bond donors (Lipinski definition) is 1. The number of imidazole rings is 1. The van der Waals surface area contributed by atoms with Gasteiger partial charge in [-0.2, -0.15) is 0 Å². The van der Waals surface area contributed by atoms with Gasteiger partial charge in [0.2, 0.25) is 0 Å². The van der Waals surface area contributed by atoms with Gasteiger partial charge < -0.3 is 10.3 Å². The van der Waals surface area contributed by atoms with Gasteiger partial charge in [0.1, 0.15) is 5.82 Å². The third kappa shape index (κ3) is 3.48. The molecule has 3 aromatic rings.